The molecule has 0 unspecified atom stereocenters. The number of benzene rings is 1. The summed E-state index contributed by atoms with van der Waals surface area (Å²) in [5, 5.41) is 12.9. The van der Waals surface area contributed by atoms with Gasteiger partial charge in [-0.3, -0.25) is 0 Å². The number of allylic oxidation sites excluding steroid dienone is 2. The number of rotatable bonds is 3. The van der Waals surface area contributed by atoms with E-state index in [2.05, 4.69) is 46.5 Å². The van der Waals surface area contributed by atoms with Crippen LogP contribution in [0.15, 0.2) is 41.1 Å². The largest absolute Gasteiger partial charge is 0.452 e. The summed E-state index contributed by atoms with van der Waals surface area (Å²) in [7, 11) is 0. The van der Waals surface area contributed by atoms with Gasteiger partial charge in [0.25, 0.3) is 0 Å². The lowest BCUT2D eigenvalue weighted by Crippen LogP contribution is -2.35. The zero-order valence-corrected chi connectivity index (χ0v) is 15.3. The fourth-order valence-electron chi connectivity index (χ4n) is 3.33. The molecule has 1 aromatic heterocycles. The number of aromatic nitrogens is 3. The Morgan fingerprint density at radius 3 is 2.96 bits per heavy atom. The number of ether oxygens (including phenoxy) is 1. The van der Waals surface area contributed by atoms with Crippen LogP contribution in [0.5, 0.6) is 5.88 Å². The lowest BCUT2D eigenvalue weighted by molar-refractivity contribution is 0.145. The Kier molecular flexibility index (Phi) is 4.61. The summed E-state index contributed by atoms with van der Waals surface area (Å²) in [6.45, 7) is 4.28. The van der Waals surface area contributed by atoms with E-state index in [9.17, 15) is 0 Å². The first-order valence-corrected chi connectivity index (χ1v) is 9.79. The van der Waals surface area contributed by atoms with Gasteiger partial charge in [-0.1, -0.05) is 48.5 Å². The average molecular weight is 354 g/mol. The maximum atomic E-state index is 6.33. The molecule has 130 valence electrons. The molecule has 2 heterocycles. The molecule has 1 N–H and O–H groups in total. The molecule has 4 rings (SSSR count). The molecule has 1 aromatic carbocycles. The van der Waals surface area contributed by atoms with Crippen molar-refractivity contribution >= 4 is 17.4 Å². The van der Waals surface area contributed by atoms with Crippen LogP contribution in [-0.4, -0.2) is 27.2 Å². The van der Waals surface area contributed by atoms with E-state index in [4.69, 9.17) is 4.74 Å². The van der Waals surface area contributed by atoms with Crippen molar-refractivity contribution in [1.29, 1.82) is 0 Å². The van der Waals surface area contributed by atoms with Crippen molar-refractivity contribution in [2.24, 2.45) is 5.92 Å². The molecule has 0 radical (unpaired) electrons. The third-order valence-electron chi connectivity index (χ3n) is 4.73. The van der Waals surface area contributed by atoms with Gasteiger partial charge in [-0.15, -0.1) is 10.2 Å². The van der Waals surface area contributed by atoms with Crippen molar-refractivity contribution in [2.45, 2.75) is 44.5 Å². The summed E-state index contributed by atoms with van der Waals surface area (Å²) in [4.78, 5) is 4.63. The van der Waals surface area contributed by atoms with E-state index in [1.54, 1.807) is 11.8 Å². The van der Waals surface area contributed by atoms with Crippen molar-refractivity contribution in [3.63, 3.8) is 0 Å². The van der Waals surface area contributed by atoms with E-state index in [-0.39, 0.29) is 6.23 Å². The van der Waals surface area contributed by atoms with E-state index in [0.717, 1.165) is 36.3 Å². The third-order valence-corrected chi connectivity index (χ3v) is 5.45. The zero-order chi connectivity index (χ0) is 17.2. The Balaban J connectivity index is 1.73. The highest BCUT2D eigenvalue weighted by molar-refractivity contribution is 7.99. The number of para-hydroxylation sites is 1. The van der Waals surface area contributed by atoms with Gasteiger partial charge < -0.3 is 10.1 Å². The van der Waals surface area contributed by atoms with Crippen LogP contribution in [0.2, 0.25) is 0 Å². The maximum absolute atomic E-state index is 6.33. The van der Waals surface area contributed by atoms with Gasteiger partial charge >= 0.3 is 0 Å². The Bertz CT molecular complexity index is 808. The molecular weight excluding hydrogens is 332 g/mol. The highest BCUT2D eigenvalue weighted by atomic mass is 32.2. The summed E-state index contributed by atoms with van der Waals surface area (Å²) >= 11 is 1.58. The minimum atomic E-state index is -0.108. The minimum absolute atomic E-state index is 0.108. The zero-order valence-electron chi connectivity index (χ0n) is 14.5. The van der Waals surface area contributed by atoms with Crippen LogP contribution < -0.4 is 10.1 Å². The van der Waals surface area contributed by atoms with Crippen molar-refractivity contribution in [3.05, 3.63) is 35.9 Å². The lowest BCUT2D eigenvalue weighted by atomic mass is 9.89. The van der Waals surface area contributed by atoms with Crippen LogP contribution in [0.25, 0.3) is 11.3 Å². The predicted octanol–water partition coefficient (Wildman–Crippen LogP) is 4.53. The molecular formula is C19H22N4OS. The molecule has 0 saturated heterocycles. The van der Waals surface area contributed by atoms with Crippen LogP contribution in [0.3, 0.4) is 0 Å². The summed E-state index contributed by atoms with van der Waals surface area (Å²) in [6, 6.07) is 8.15. The number of hydrogen-bond acceptors (Lipinski definition) is 6. The lowest BCUT2D eigenvalue weighted by Gasteiger charge is -2.29. The van der Waals surface area contributed by atoms with Gasteiger partial charge in [-0.2, -0.15) is 4.98 Å². The summed E-state index contributed by atoms with van der Waals surface area (Å²) in [5.74, 6) is 1.91. The highest BCUT2D eigenvalue weighted by Gasteiger charge is 2.30. The molecule has 0 amide bonds. The van der Waals surface area contributed by atoms with E-state index in [1.807, 2.05) is 18.2 Å². The Morgan fingerprint density at radius 1 is 1.28 bits per heavy atom. The maximum Gasteiger partial charge on any atom is 0.247 e. The molecule has 6 heteroatoms. The second kappa shape index (κ2) is 7.04. The number of nitrogens with zero attached hydrogens (tertiary/aromatic N) is 3. The van der Waals surface area contributed by atoms with Crippen LogP contribution >= 0.6 is 11.8 Å². The van der Waals surface area contributed by atoms with Gasteiger partial charge in [-0.25, -0.2) is 0 Å². The van der Waals surface area contributed by atoms with E-state index < -0.39 is 0 Å². The SMILES string of the molecule is CCSc1nnc2c(n1)O[C@@H]([C@@H]1CC=C(C)CC1)Nc1ccccc1-2. The first-order valence-electron chi connectivity index (χ1n) is 8.80. The van der Waals surface area contributed by atoms with Crippen LogP contribution in [0, 0.1) is 5.92 Å². The molecule has 1 aliphatic carbocycles. The van der Waals surface area contributed by atoms with Gasteiger partial charge in [0.15, 0.2) is 11.9 Å². The van der Waals surface area contributed by atoms with Crippen molar-refractivity contribution in [2.75, 3.05) is 11.1 Å². The topological polar surface area (TPSA) is 59.9 Å². The normalized spacial score (nSPS) is 21.9. The average Bonchev–Trinajstić information content (AvgIpc) is 2.79. The molecule has 0 saturated carbocycles. The standard InChI is InChI=1S/C19H22N4OS/c1-3-25-19-21-18-16(22-23-19)14-6-4-5-7-15(14)20-17(24-18)13-10-8-12(2)9-11-13/h4-8,13,17,20H,3,9-11H2,1-2H3/t13-,17+/m1/s1. The fraction of sp³-hybridized carbons (Fsp3) is 0.421. The summed E-state index contributed by atoms with van der Waals surface area (Å²) < 4.78 is 6.33. The fourth-order valence-corrected chi connectivity index (χ4v) is 3.84. The summed E-state index contributed by atoms with van der Waals surface area (Å²) in [5.41, 5.74) is 4.21. The van der Waals surface area contributed by atoms with Crippen LogP contribution in [0.4, 0.5) is 5.69 Å². The van der Waals surface area contributed by atoms with E-state index in [1.165, 1.54) is 5.57 Å². The minimum Gasteiger partial charge on any atom is -0.452 e. The van der Waals surface area contributed by atoms with Crippen molar-refractivity contribution < 1.29 is 4.74 Å². The van der Waals surface area contributed by atoms with E-state index >= 15 is 0 Å². The molecule has 25 heavy (non-hydrogen) atoms. The Hall–Kier alpha value is -2.08. The van der Waals surface area contributed by atoms with Gasteiger partial charge in [0.1, 0.15) is 0 Å². The number of nitrogens with one attached hydrogen (secondary N) is 1. The van der Waals surface area contributed by atoms with Gasteiger partial charge in [0.2, 0.25) is 11.0 Å². The summed E-state index contributed by atoms with van der Waals surface area (Å²) in [6.07, 6.45) is 5.48. The molecule has 2 atom stereocenters. The highest BCUT2D eigenvalue weighted by Crippen LogP contribution is 2.39. The van der Waals surface area contributed by atoms with Gasteiger partial charge in [-0.05, 0) is 38.0 Å². The third kappa shape index (κ3) is 3.35. The second-order valence-corrected chi connectivity index (χ2v) is 7.73. The van der Waals surface area contributed by atoms with Gasteiger partial charge in [0.05, 0.1) is 0 Å². The Morgan fingerprint density at radius 2 is 2.16 bits per heavy atom. The number of anilines is 1. The molecule has 0 fully saturated rings. The van der Waals surface area contributed by atoms with Crippen LogP contribution in [0.1, 0.15) is 33.1 Å². The van der Waals surface area contributed by atoms with Crippen LogP contribution in [-0.2, 0) is 0 Å². The molecule has 5 nitrogen and oxygen atoms in total. The van der Waals surface area contributed by atoms with Gasteiger partial charge in [0, 0.05) is 17.2 Å². The number of fused-ring (bicyclic) bond motifs is 3. The molecule has 2 aliphatic rings. The molecule has 0 bridgehead atoms. The second-order valence-electron chi connectivity index (χ2n) is 6.49. The number of hydrogen-bond donors (Lipinski definition) is 1. The first kappa shape index (κ1) is 16.4. The van der Waals surface area contributed by atoms with Crippen molar-refractivity contribution in [3.8, 4) is 17.1 Å². The monoisotopic (exact) mass is 354 g/mol. The van der Waals surface area contributed by atoms with Crippen molar-refractivity contribution in [1.82, 2.24) is 15.2 Å². The predicted molar refractivity (Wildman–Crippen MR) is 101 cm³/mol. The van der Waals surface area contributed by atoms with E-state index in [0.29, 0.717) is 22.6 Å². The Labute approximate surface area is 152 Å². The molecule has 2 aromatic rings. The molecule has 1 aliphatic heterocycles. The first-order chi connectivity index (χ1) is 12.2. The molecule has 0 spiro atoms. The number of thioether (sulfide) groups is 1. The smallest absolute Gasteiger partial charge is 0.247 e. The quantitative estimate of drug-likeness (QED) is 0.645.